The number of nitro groups is 1. The Bertz CT molecular complexity index is 488. The van der Waals surface area contributed by atoms with E-state index in [-0.39, 0.29) is 23.0 Å². The standard InChI is InChI=1S/C16H25N3O2.ClH/c1-3-17-11-14-7-9-18(10-8-14)12-15-5-4-6-16(13(15)2)19(20)21;/h4-6,14,17H,3,7-12H2,1-2H3;1H. The van der Waals surface area contributed by atoms with Crippen molar-refractivity contribution in [1.82, 2.24) is 10.2 Å². The molecule has 1 N–H and O–H groups in total. The number of benzene rings is 1. The normalized spacial score (nSPS) is 16.3. The first-order valence-corrected chi connectivity index (χ1v) is 7.77. The number of hydrogen-bond acceptors (Lipinski definition) is 4. The predicted octanol–water partition coefficient (Wildman–Crippen LogP) is 3.15. The van der Waals surface area contributed by atoms with E-state index in [1.807, 2.05) is 13.0 Å². The summed E-state index contributed by atoms with van der Waals surface area (Å²) in [4.78, 5) is 13.1. The minimum absolute atomic E-state index is 0. The molecule has 1 saturated heterocycles. The van der Waals surface area contributed by atoms with Gasteiger partial charge in [-0.3, -0.25) is 15.0 Å². The van der Waals surface area contributed by atoms with E-state index in [2.05, 4.69) is 17.1 Å². The van der Waals surface area contributed by atoms with Crippen LogP contribution >= 0.6 is 12.4 Å². The van der Waals surface area contributed by atoms with Gasteiger partial charge in [0.15, 0.2) is 0 Å². The van der Waals surface area contributed by atoms with Gasteiger partial charge >= 0.3 is 0 Å². The highest BCUT2D eigenvalue weighted by Gasteiger charge is 2.20. The molecule has 0 bridgehead atoms. The molecule has 0 spiro atoms. The van der Waals surface area contributed by atoms with Gasteiger partial charge in [0.25, 0.3) is 5.69 Å². The third-order valence-electron chi connectivity index (χ3n) is 4.40. The second-order valence-corrected chi connectivity index (χ2v) is 5.85. The summed E-state index contributed by atoms with van der Waals surface area (Å²) in [5.41, 5.74) is 2.11. The molecule has 5 nitrogen and oxygen atoms in total. The predicted molar refractivity (Wildman–Crippen MR) is 91.6 cm³/mol. The summed E-state index contributed by atoms with van der Waals surface area (Å²) in [6.45, 7) is 9.12. The van der Waals surface area contributed by atoms with Crippen LogP contribution in [0.25, 0.3) is 0 Å². The van der Waals surface area contributed by atoms with E-state index in [1.54, 1.807) is 12.1 Å². The van der Waals surface area contributed by atoms with Crippen LogP contribution in [0, 0.1) is 23.0 Å². The molecule has 0 radical (unpaired) electrons. The van der Waals surface area contributed by atoms with Crippen molar-refractivity contribution in [2.75, 3.05) is 26.2 Å². The van der Waals surface area contributed by atoms with Gasteiger partial charge in [0.2, 0.25) is 0 Å². The molecule has 1 aromatic carbocycles. The molecule has 22 heavy (non-hydrogen) atoms. The van der Waals surface area contributed by atoms with Crippen LogP contribution in [0.1, 0.15) is 30.9 Å². The number of hydrogen-bond donors (Lipinski definition) is 1. The SMILES string of the molecule is CCNCC1CCN(Cc2cccc([N+](=O)[O-])c2C)CC1.Cl. The first-order chi connectivity index (χ1) is 10.1. The van der Waals surface area contributed by atoms with Crippen LogP contribution in [0.3, 0.4) is 0 Å². The molecule has 124 valence electrons. The lowest BCUT2D eigenvalue weighted by molar-refractivity contribution is -0.385. The van der Waals surface area contributed by atoms with E-state index in [4.69, 9.17) is 0 Å². The Balaban J connectivity index is 0.00000242. The van der Waals surface area contributed by atoms with Crippen molar-refractivity contribution < 1.29 is 4.92 Å². The first kappa shape index (κ1) is 18.9. The van der Waals surface area contributed by atoms with Gasteiger partial charge in [-0.05, 0) is 57.4 Å². The number of nitro benzene ring substituents is 1. The highest BCUT2D eigenvalue weighted by Crippen LogP contribution is 2.24. The van der Waals surface area contributed by atoms with Crippen LogP contribution in [-0.4, -0.2) is 36.0 Å². The van der Waals surface area contributed by atoms with Crippen molar-refractivity contribution >= 4 is 18.1 Å². The van der Waals surface area contributed by atoms with Gasteiger partial charge in [-0.25, -0.2) is 0 Å². The minimum Gasteiger partial charge on any atom is -0.317 e. The Labute approximate surface area is 138 Å². The van der Waals surface area contributed by atoms with Gasteiger partial charge < -0.3 is 5.32 Å². The van der Waals surface area contributed by atoms with Gasteiger partial charge in [0.1, 0.15) is 0 Å². The third kappa shape index (κ3) is 4.93. The second kappa shape index (κ2) is 9.08. The molecule has 0 atom stereocenters. The third-order valence-corrected chi connectivity index (χ3v) is 4.40. The van der Waals surface area contributed by atoms with Crippen molar-refractivity contribution in [2.45, 2.75) is 33.2 Å². The number of rotatable bonds is 6. The van der Waals surface area contributed by atoms with Gasteiger partial charge in [0.05, 0.1) is 4.92 Å². The highest BCUT2D eigenvalue weighted by molar-refractivity contribution is 5.85. The zero-order valence-electron chi connectivity index (χ0n) is 13.4. The maximum Gasteiger partial charge on any atom is 0.272 e. The van der Waals surface area contributed by atoms with Gasteiger partial charge in [0, 0.05) is 18.2 Å². The van der Waals surface area contributed by atoms with Crippen molar-refractivity contribution in [3.63, 3.8) is 0 Å². The average molecular weight is 328 g/mol. The van der Waals surface area contributed by atoms with Crippen molar-refractivity contribution in [2.24, 2.45) is 5.92 Å². The van der Waals surface area contributed by atoms with E-state index in [9.17, 15) is 10.1 Å². The fraction of sp³-hybridized carbons (Fsp3) is 0.625. The van der Waals surface area contributed by atoms with Crippen LogP contribution in [-0.2, 0) is 6.54 Å². The van der Waals surface area contributed by atoms with Crippen LogP contribution in [0.15, 0.2) is 18.2 Å². The van der Waals surface area contributed by atoms with Gasteiger partial charge in [-0.1, -0.05) is 19.1 Å². The molecule has 0 saturated carbocycles. The molecule has 1 aliphatic rings. The molecule has 2 rings (SSSR count). The number of piperidine rings is 1. The lowest BCUT2D eigenvalue weighted by Gasteiger charge is -2.32. The zero-order chi connectivity index (χ0) is 15.2. The Morgan fingerprint density at radius 3 is 2.64 bits per heavy atom. The summed E-state index contributed by atoms with van der Waals surface area (Å²) in [5.74, 6) is 0.771. The maximum atomic E-state index is 11.0. The first-order valence-electron chi connectivity index (χ1n) is 7.77. The number of halogens is 1. The zero-order valence-corrected chi connectivity index (χ0v) is 14.2. The maximum absolute atomic E-state index is 11.0. The molecule has 6 heteroatoms. The smallest absolute Gasteiger partial charge is 0.272 e. The molecule has 1 aliphatic heterocycles. The lowest BCUT2D eigenvalue weighted by Crippen LogP contribution is -2.37. The Morgan fingerprint density at radius 2 is 2.05 bits per heavy atom. The number of nitrogens with one attached hydrogen (secondary N) is 1. The lowest BCUT2D eigenvalue weighted by atomic mass is 9.96. The molecular weight excluding hydrogens is 302 g/mol. The summed E-state index contributed by atoms with van der Waals surface area (Å²) < 4.78 is 0. The topological polar surface area (TPSA) is 58.4 Å². The summed E-state index contributed by atoms with van der Waals surface area (Å²) in [6, 6.07) is 5.38. The summed E-state index contributed by atoms with van der Waals surface area (Å²) in [5, 5.41) is 14.4. The molecule has 1 aromatic rings. The minimum atomic E-state index is -0.290. The number of nitrogens with zero attached hydrogens (tertiary/aromatic N) is 2. The van der Waals surface area contributed by atoms with Crippen LogP contribution in [0.5, 0.6) is 0 Å². The number of likely N-dealkylation sites (tertiary alicyclic amines) is 1. The fourth-order valence-electron chi connectivity index (χ4n) is 2.98. The summed E-state index contributed by atoms with van der Waals surface area (Å²) in [7, 11) is 0. The molecule has 0 aromatic heterocycles. The molecule has 0 amide bonds. The van der Waals surface area contributed by atoms with Crippen molar-refractivity contribution in [1.29, 1.82) is 0 Å². The Morgan fingerprint density at radius 1 is 1.36 bits per heavy atom. The Hall–Kier alpha value is -1.17. The second-order valence-electron chi connectivity index (χ2n) is 5.85. The van der Waals surface area contributed by atoms with Gasteiger partial charge in [-0.15, -0.1) is 12.4 Å². The quantitative estimate of drug-likeness (QED) is 0.644. The van der Waals surface area contributed by atoms with Gasteiger partial charge in [-0.2, -0.15) is 0 Å². The monoisotopic (exact) mass is 327 g/mol. The van der Waals surface area contributed by atoms with Crippen LogP contribution in [0.4, 0.5) is 5.69 Å². The molecular formula is C16H26ClN3O2. The average Bonchev–Trinajstić information content (AvgIpc) is 2.48. The van der Waals surface area contributed by atoms with Crippen molar-refractivity contribution in [3.05, 3.63) is 39.4 Å². The van der Waals surface area contributed by atoms with E-state index in [0.29, 0.717) is 0 Å². The van der Waals surface area contributed by atoms with E-state index >= 15 is 0 Å². The molecule has 1 fully saturated rings. The van der Waals surface area contributed by atoms with E-state index in [1.165, 1.54) is 12.8 Å². The van der Waals surface area contributed by atoms with E-state index in [0.717, 1.165) is 49.8 Å². The molecule has 0 unspecified atom stereocenters. The summed E-state index contributed by atoms with van der Waals surface area (Å²) >= 11 is 0. The molecule has 1 heterocycles. The van der Waals surface area contributed by atoms with Crippen LogP contribution < -0.4 is 5.32 Å². The van der Waals surface area contributed by atoms with E-state index < -0.39 is 0 Å². The molecule has 0 aliphatic carbocycles. The van der Waals surface area contributed by atoms with Crippen LogP contribution in [0.2, 0.25) is 0 Å². The Kier molecular flexibility index (Phi) is 7.79. The van der Waals surface area contributed by atoms with Crippen molar-refractivity contribution in [3.8, 4) is 0 Å². The summed E-state index contributed by atoms with van der Waals surface area (Å²) in [6.07, 6.45) is 2.42. The fourth-order valence-corrected chi connectivity index (χ4v) is 2.98. The largest absolute Gasteiger partial charge is 0.317 e. The highest BCUT2D eigenvalue weighted by atomic mass is 35.5.